The summed E-state index contributed by atoms with van der Waals surface area (Å²) in [5.41, 5.74) is 0. The lowest BCUT2D eigenvalue weighted by atomic mass is 10.3. The first kappa shape index (κ1) is 33.5. The first-order chi connectivity index (χ1) is 18.3. The molecule has 0 fully saturated rings. The topological polar surface area (TPSA) is 220 Å². The van der Waals surface area contributed by atoms with Gasteiger partial charge >= 0.3 is 23.9 Å². The van der Waals surface area contributed by atoms with Crippen LogP contribution in [0.25, 0.3) is 0 Å². The molecule has 0 spiro atoms. The fourth-order valence-electron chi connectivity index (χ4n) is 3.52. The number of hydrogen-bond acceptors (Lipinski definition) is 11. The quantitative estimate of drug-likeness (QED) is 0.0806. The smallest absolute Gasteiger partial charge is 0.323 e. The van der Waals surface area contributed by atoms with Gasteiger partial charge in [0.1, 0.15) is 6.54 Å². The molecule has 1 heterocycles. The summed E-state index contributed by atoms with van der Waals surface area (Å²) in [6.45, 7) is 0.369. The number of carbonyl (C=O) groups is 6. The molecule has 1 atom stereocenters. The summed E-state index contributed by atoms with van der Waals surface area (Å²) in [4.78, 5) is 75.1. The van der Waals surface area contributed by atoms with Crippen molar-refractivity contribution in [2.75, 3.05) is 78.5 Å². The third kappa shape index (κ3) is 16.1. The zero-order chi connectivity index (χ0) is 29.4. The number of carboxylic acid groups (broad SMARTS) is 4. The maximum atomic E-state index is 12.5. The van der Waals surface area contributed by atoms with Gasteiger partial charge in [0.2, 0.25) is 11.8 Å². The molecular weight excluding hydrogens is 540 g/mol. The Labute approximate surface area is 230 Å². The first-order valence-corrected chi connectivity index (χ1v) is 12.6. The molecule has 1 rings (SSSR count). The van der Waals surface area contributed by atoms with E-state index in [-0.39, 0.29) is 78.5 Å². The van der Waals surface area contributed by atoms with Gasteiger partial charge in [-0.2, -0.15) is 12.6 Å². The van der Waals surface area contributed by atoms with Crippen molar-refractivity contribution >= 4 is 48.3 Å². The van der Waals surface area contributed by atoms with Gasteiger partial charge in [0.15, 0.2) is 0 Å². The van der Waals surface area contributed by atoms with Gasteiger partial charge in [0.25, 0.3) is 0 Å². The molecule has 0 aliphatic carbocycles. The normalized spacial score (nSPS) is 17.3. The molecule has 2 amide bonds. The van der Waals surface area contributed by atoms with Gasteiger partial charge in [-0.25, -0.2) is 0 Å². The molecule has 39 heavy (non-hydrogen) atoms. The Morgan fingerprint density at radius 1 is 0.641 bits per heavy atom. The van der Waals surface area contributed by atoms with Crippen LogP contribution in [0.3, 0.4) is 0 Å². The van der Waals surface area contributed by atoms with E-state index in [1.165, 1.54) is 17.3 Å². The summed E-state index contributed by atoms with van der Waals surface area (Å²) in [6, 6.07) is 0. The molecule has 1 aliphatic heterocycles. The predicted molar refractivity (Wildman–Crippen MR) is 139 cm³/mol. The Balaban J connectivity index is 2.84. The summed E-state index contributed by atoms with van der Waals surface area (Å²) >= 11 is 3.91. The number of thiol groups is 1. The Morgan fingerprint density at radius 2 is 1.08 bits per heavy atom. The monoisotopic (exact) mass is 576 g/mol. The van der Waals surface area contributed by atoms with Crippen LogP contribution in [0.2, 0.25) is 0 Å². The second-order valence-electron chi connectivity index (χ2n) is 8.73. The van der Waals surface area contributed by atoms with E-state index in [9.17, 15) is 44.1 Å². The molecular formula is C22H36N6O10S. The molecule has 0 radical (unpaired) electrons. The van der Waals surface area contributed by atoms with Gasteiger partial charge in [0, 0.05) is 64.8 Å². The average Bonchev–Trinajstić information content (AvgIpc) is 2.81. The summed E-state index contributed by atoms with van der Waals surface area (Å²) in [7, 11) is 0. The minimum absolute atomic E-state index is 0.0444. The fourth-order valence-corrected chi connectivity index (χ4v) is 3.77. The molecule has 220 valence electrons. The number of carbonyl (C=O) groups excluding carboxylic acids is 2. The summed E-state index contributed by atoms with van der Waals surface area (Å²) in [5.74, 6) is -5.39. The lowest BCUT2D eigenvalue weighted by Gasteiger charge is -2.31. The van der Waals surface area contributed by atoms with Gasteiger partial charge in [0.05, 0.1) is 31.3 Å². The highest BCUT2D eigenvalue weighted by Gasteiger charge is 2.19. The minimum atomic E-state index is -1.17. The zero-order valence-electron chi connectivity index (χ0n) is 21.4. The number of carboxylic acids is 4. The van der Waals surface area contributed by atoms with Gasteiger partial charge in [-0.1, -0.05) is 0 Å². The van der Waals surface area contributed by atoms with Crippen LogP contribution < -0.4 is 10.6 Å². The molecule has 1 aliphatic rings. The molecule has 0 unspecified atom stereocenters. The Bertz CT molecular complexity index is 905. The second kappa shape index (κ2) is 17.8. The van der Waals surface area contributed by atoms with Gasteiger partial charge in [-0.15, -0.1) is 0 Å². The number of amides is 2. The molecule has 0 saturated carbocycles. The number of nitrogens with zero attached hydrogens (tertiary/aromatic N) is 4. The van der Waals surface area contributed by atoms with Crippen LogP contribution in [0, 0.1) is 0 Å². The predicted octanol–water partition coefficient (Wildman–Crippen LogP) is -3.06. The van der Waals surface area contributed by atoms with Crippen molar-refractivity contribution in [3.05, 3.63) is 12.4 Å². The van der Waals surface area contributed by atoms with Crippen LogP contribution in [-0.4, -0.2) is 160 Å². The van der Waals surface area contributed by atoms with Crippen LogP contribution in [0.4, 0.5) is 0 Å². The van der Waals surface area contributed by atoms with Crippen LogP contribution in [0.15, 0.2) is 12.4 Å². The molecule has 0 aromatic rings. The fraction of sp³-hybridized carbons (Fsp3) is 0.636. The molecule has 0 bridgehead atoms. The zero-order valence-corrected chi connectivity index (χ0v) is 22.3. The van der Waals surface area contributed by atoms with Gasteiger partial charge in [-0.3, -0.25) is 38.6 Å². The van der Waals surface area contributed by atoms with Crippen molar-refractivity contribution in [2.45, 2.75) is 11.7 Å². The van der Waals surface area contributed by atoms with E-state index in [0.717, 1.165) is 0 Å². The lowest BCUT2D eigenvalue weighted by Crippen LogP contribution is -2.46. The van der Waals surface area contributed by atoms with Crippen molar-refractivity contribution in [1.82, 2.24) is 30.2 Å². The number of hydrogen-bond donors (Lipinski definition) is 7. The van der Waals surface area contributed by atoms with Crippen molar-refractivity contribution in [3.63, 3.8) is 0 Å². The van der Waals surface area contributed by atoms with E-state index < -0.39 is 47.4 Å². The number of rotatable bonds is 14. The first-order valence-electron chi connectivity index (χ1n) is 12.1. The molecule has 0 saturated heterocycles. The van der Waals surface area contributed by atoms with E-state index in [1.54, 1.807) is 14.7 Å². The van der Waals surface area contributed by atoms with E-state index in [1.807, 2.05) is 0 Å². The third-order valence-corrected chi connectivity index (χ3v) is 5.86. The van der Waals surface area contributed by atoms with Gasteiger partial charge in [-0.05, 0) is 0 Å². The highest BCUT2D eigenvalue weighted by atomic mass is 32.1. The highest BCUT2D eigenvalue weighted by Crippen LogP contribution is 2.03. The Morgan fingerprint density at radius 3 is 1.54 bits per heavy atom. The molecule has 0 aromatic carbocycles. The highest BCUT2D eigenvalue weighted by molar-refractivity contribution is 7.81. The largest absolute Gasteiger partial charge is 0.481 e. The van der Waals surface area contributed by atoms with Crippen LogP contribution in [0.1, 0.15) is 6.42 Å². The summed E-state index contributed by atoms with van der Waals surface area (Å²) in [5, 5.41) is 40.5. The molecule has 6 N–H and O–H groups in total. The van der Waals surface area contributed by atoms with Crippen molar-refractivity contribution in [3.8, 4) is 0 Å². The number of aliphatic carboxylic acids is 4. The van der Waals surface area contributed by atoms with Crippen molar-refractivity contribution in [1.29, 1.82) is 0 Å². The maximum Gasteiger partial charge on any atom is 0.323 e. The van der Waals surface area contributed by atoms with E-state index in [0.29, 0.717) is 0 Å². The maximum absolute atomic E-state index is 12.5. The Kier molecular flexibility index (Phi) is 15.3. The summed E-state index contributed by atoms with van der Waals surface area (Å²) in [6.07, 6.45) is 2.56. The van der Waals surface area contributed by atoms with Crippen LogP contribution >= 0.6 is 12.6 Å². The van der Waals surface area contributed by atoms with Crippen LogP contribution in [-0.2, 0) is 28.8 Å². The average molecular weight is 577 g/mol. The molecule has 0 aromatic heterocycles. The SMILES string of the molecule is O=C(O)C[C@@H](S)C(=O)NCCNC(=O)CN1/C=C/N(CC(=O)O)CCN(CC(=O)O)CCN(CC(=O)O)CC1. The lowest BCUT2D eigenvalue weighted by molar-refractivity contribution is -0.140. The molecule has 16 nitrogen and oxygen atoms in total. The van der Waals surface area contributed by atoms with E-state index in [4.69, 9.17) is 5.11 Å². The van der Waals surface area contributed by atoms with Gasteiger partial charge < -0.3 is 40.9 Å². The number of nitrogens with one attached hydrogen (secondary N) is 2. The molecule has 17 heteroatoms. The third-order valence-electron chi connectivity index (χ3n) is 5.45. The summed E-state index contributed by atoms with van der Waals surface area (Å²) < 4.78 is 0. The van der Waals surface area contributed by atoms with Crippen LogP contribution in [0.5, 0.6) is 0 Å². The van der Waals surface area contributed by atoms with E-state index >= 15 is 0 Å². The second-order valence-corrected chi connectivity index (χ2v) is 9.35. The Hall–Kier alpha value is -3.57. The minimum Gasteiger partial charge on any atom is -0.481 e. The van der Waals surface area contributed by atoms with Crippen molar-refractivity contribution < 1.29 is 49.2 Å². The van der Waals surface area contributed by atoms with E-state index in [2.05, 4.69) is 23.3 Å². The van der Waals surface area contributed by atoms with Crippen molar-refractivity contribution in [2.24, 2.45) is 0 Å². The standard InChI is InChI=1S/C22H36N6O10S/c29-17(23-1-2-24-22(38)16(39)11-18(30)31)12-25-3-5-26(13-19(32)33)7-9-28(15-21(36)37)10-8-27(6-4-25)14-20(34)35/h3,5,16,39H,1-2,4,6-15H2,(H,23,29)(H,24,38)(H,30,31)(H,32,33)(H,34,35)(H,36,37)/b5-3+/t16-/m1/s1.